The molecular formula is C22H26Cl2N4O7S. The third kappa shape index (κ3) is 6.77. The Morgan fingerprint density at radius 2 is 1.81 bits per heavy atom. The molecule has 0 bridgehead atoms. The Kier molecular flexibility index (Phi) is 9.91. The molecule has 0 saturated carbocycles. The largest absolute Gasteiger partial charge is 0.495 e. The first-order valence-electron chi connectivity index (χ1n) is 10.6. The van der Waals surface area contributed by atoms with Gasteiger partial charge in [-0.1, -0.05) is 36.2 Å². The van der Waals surface area contributed by atoms with Crippen molar-refractivity contribution in [2.75, 3.05) is 31.3 Å². The second-order valence-electron chi connectivity index (χ2n) is 7.64. The van der Waals surface area contributed by atoms with Crippen molar-refractivity contribution in [3.8, 4) is 5.75 Å². The van der Waals surface area contributed by atoms with E-state index >= 15 is 0 Å². The molecule has 0 aromatic heterocycles. The molecule has 0 aliphatic rings. The summed E-state index contributed by atoms with van der Waals surface area (Å²) in [4.78, 5) is 38.0. The van der Waals surface area contributed by atoms with Crippen LogP contribution in [-0.4, -0.2) is 63.1 Å². The van der Waals surface area contributed by atoms with Crippen molar-refractivity contribution < 1.29 is 27.7 Å². The fourth-order valence-corrected chi connectivity index (χ4v) is 4.88. The first-order chi connectivity index (χ1) is 16.8. The number of sulfonamides is 1. The topological polar surface area (TPSA) is 139 Å². The van der Waals surface area contributed by atoms with Gasteiger partial charge in [0.2, 0.25) is 21.8 Å². The van der Waals surface area contributed by atoms with E-state index in [1.807, 2.05) is 0 Å². The maximum Gasteiger partial charge on any atom is 0.271 e. The molecule has 2 aromatic rings. The molecule has 2 aromatic carbocycles. The van der Waals surface area contributed by atoms with Gasteiger partial charge in [-0.05, 0) is 24.6 Å². The summed E-state index contributed by atoms with van der Waals surface area (Å²) in [6, 6.07) is 7.16. The maximum atomic E-state index is 13.6. The summed E-state index contributed by atoms with van der Waals surface area (Å²) in [6.07, 6.45) is 1.05. The predicted octanol–water partition coefficient (Wildman–Crippen LogP) is 3.23. The summed E-state index contributed by atoms with van der Waals surface area (Å²) in [7, 11) is -1.47. The van der Waals surface area contributed by atoms with E-state index in [-0.39, 0.29) is 34.4 Å². The van der Waals surface area contributed by atoms with Gasteiger partial charge in [0.25, 0.3) is 5.69 Å². The lowest BCUT2D eigenvalue weighted by atomic mass is 10.1. The van der Waals surface area contributed by atoms with E-state index in [4.69, 9.17) is 27.9 Å². The molecule has 0 spiro atoms. The highest BCUT2D eigenvalue weighted by molar-refractivity contribution is 7.92. The van der Waals surface area contributed by atoms with Crippen molar-refractivity contribution in [3.05, 3.63) is 62.1 Å². The van der Waals surface area contributed by atoms with Crippen molar-refractivity contribution in [2.45, 2.75) is 25.9 Å². The van der Waals surface area contributed by atoms with Crippen LogP contribution >= 0.6 is 23.2 Å². The molecule has 0 fully saturated rings. The zero-order valence-corrected chi connectivity index (χ0v) is 22.4. The van der Waals surface area contributed by atoms with Crippen LogP contribution in [-0.2, 0) is 26.2 Å². The number of benzene rings is 2. The number of anilines is 1. The van der Waals surface area contributed by atoms with Gasteiger partial charge in [0.15, 0.2) is 0 Å². The number of rotatable bonds is 11. The molecule has 0 unspecified atom stereocenters. The fraction of sp³-hybridized carbons (Fsp3) is 0.364. The normalized spacial score (nSPS) is 11.9. The monoisotopic (exact) mass is 560 g/mol. The standard InChI is InChI=1S/C22H26Cl2N4O7S/c1-5-18(22(30)25-2)26(12-15-16(23)7-6-8-17(15)24)21(29)13-27(36(4,33)34)19-11-14(28(31)32)9-10-20(19)35-3/h6-11,18H,5,12-13H2,1-4H3,(H,25,30)/t18-/m0/s1. The minimum atomic E-state index is -4.14. The average molecular weight is 561 g/mol. The summed E-state index contributed by atoms with van der Waals surface area (Å²) < 4.78 is 31.4. The summed E-state index contributed by atoms with van der Waals surface area (Å²) in [5.74, 6) is -1.24. The minimum absolute atomic E-state index is 0.00198. The first-order valence-corrected chi connectivity index (χ1v) is 13.2. The molecule has 14 heteroatoms. The van der Waals surface area contributed by atoms with Gasteiger partial charge in [0.1, 0.15) is 24.0 Å². The number of nitro groups is 1. The van der Waals surface area contributed by atoms with Crippen LogP contribution in [0.4, 0.5) is 11.4 Å². The number of hydrogen-bond acceptors (Lipinski definition) is 7. The van der Waals surface area contributed by atoms with E-state index in [0.717, 1.165) is 18.4 Å². The number of nitro benzene ring substituents is 1. The average Bonchev–Trinajstić information content (AvgIpc) is 2.82. The van der Waals surface area contributed by atoms with Gasteiger partial charge in [-0.15, -0.1) is 0 Å². The second kappa shape index (κ2) is 12.2. The third-order valence-corrected chi connectivity index (χ3v) is 7.18. The smallest absolute Gasteiger partial charge is 0.271 e. The Labute approximate surface area is 219 Å². The number of nitrogens with zero attached hydrogens (tertiary/aromatic N) is 3. The van der Waals surface area contributed by atoms with Crippen LogP contribution in [0.2, 0.25) is 10.0 Å². The molecule has 0 aliphatic carbocycles. The van der Waals surface area contributed by atoms with Crippen LogP contribution in [0.1, 0.15) is 18.9 Å². The highest BCUT2D eigenvalue weighted by Gasteiger charge is 2.33. The molecule has 2 rings (SSSR count). The number of nitrogens with one attached hydrogen (secondary N) is 1. The van der Waals surface area contributed by atoms with Gasteiger partial charge >= 0.3 is 0 Å². The quantitative estimate of drug-likeness (QED) is 0.328. The highest BCUT2D eigenvalue weighted by Crippen LogP contribution is 2.34. The van der Waals surface area contributed by atoms with Gasteiger partial charge in [-0.3, -0.25) is 24.0 Å². The molecule has 36 heavy (non-hydrogen) atoms. The molecule has 1 atom stereocenters. The van der Waals surface area contributed by atoms with Crippen molar-refractivity contribution in [1.29, 1.82) is 0 Å². The molecule has 1 N–H and O–H groups in total. The summed E-state index contributed by atoms with van der Waals surface area (Å²) in [6.45, 7) is 0.727. The predicted molar refractivity (Wildman–Crippen MR) is 137 cm³/mol. The summed E-state index contributed by atoms with van der Waals surface area (Å²) in [5.41, 5.74) is -0.231. The number of halogens is 2. The van der Waals surface area contributed by atoms with E-state index < -0.39 is 45.0 Å². The van der Waals surface area contributed by atoms with Gasteiger partial charge < -0.3 is 15.0 Å². The van der Waals surface area contributed by atoms with E-state index in [1.165, 1.54) is 25.1 Å². The first kappa shape index (κ1) is 29.1. The minimum Gasteiger partial charge on any atom is -0.495 e. The Morgan fingerprint density at radius 1 is 1.19 bits per heavy atom. The Morgan fingerprint density at radius 3 is 2.28 bits per heavy atom. The molecule has 11 nitrogen and oxygen atoms in total. The third-order valence-electron chi connectivity index (χ3n) is 5.34. The van der Waals surface area contributed by atoms with Crippen molar-refractivity contribution in [3.63, 3.8) is 0 Å². The van der Waals surface area contributed by atoms with E-state index in [0.29, 0.717) is 9.87 Å². The van der Waals surface area contributed by atoms with Crippen LogP contribution in [0.3, 0.4) is 0 Å². The van der Waals surface area contributed by atoms with Gasteiger partial charge in [0.05, 0.1) is 18.3 Å². The van der Waals surface area contributed by atoms with Crippen LogP contribution in [0.15, 0.2) is 36.4 Å². The Bertz CT molecular complexity index is 1240. The lowest BCUT2D eigenvalue weighted by molar-refractivity contribution is -0.384. The number of carbonyl (C=O) groups is 2. The van der Waals surface area contributed by atoms with Crippen LogP contribution < -0.4 is 14.4 Å². The fourth-order valence-electron chi connectivity index (χ4n) is 3.52. The molecule has 0 saturated heterocycles. The zero-order valence-electron chi connectivity index (χ0n) is 20.0. The molecular weight excluding hydrogens is 535 g/mol. The Hall–Kier alpha value is -3.09. The number of ether oxygens (including phenoxy) is 1. The van der Waals surface area contributed by atoms with Crippen LogP contribution in [0, 0.1) is 10.1 Å². The number of likely N-dealkylation sites (N-methyl/N-ethyl adjacent to an activating group) is 1. The molecule has 0 heterocycles. The van der Waals surface area contributed by atoms with Gasteiger partial charge in [-0.2, -0.15) is 0 Å². The number of hydrogen-bond donors (Lipinski definition) is 1. The summed E-state index contributed by atoms with van der Waals surface area (Å²) >= 11 is 12.6. The number of carbonyl (C=O) groups excluding carboxylic acids is 2. The number of non-ortho nitro benzene ring substituents is 1. The molecule has 196 valence electrons. The maximum absolute atomic E-state index is 13.6. The van der Waals surface area contributed by atoms with Crippen LogP contribution in [0.5, 0.6) is 5.75 Å². The summed E-state index contributed by atoms with van der Waals surface area (Å²) in [5, 5.41) is 14.3. The van der Waals surface area contributed by atoms with Crippen molar-refractivity contribution >= 4 is 56.4 Å². The molecule has 2 amide bonds. The zero-order chi connectivity index (χ0) is 27.2. The lowest BCUT2D eigenvalue weighted by Crippen LogP contribution is -2.51. The molecule has 0 aliphatic heterocycles. The van der Waals surface area contributed by atoms with Crippen molar-refractivity contribution in [2.24, 2.45) is 0 Å². The second-order valence-corrected chi connectivity index (χ2v) is 10.4. The van der Waals surface area contributed by atoms with Gasteiger partial charge in [-0.25, -0.2) is 8.42 Å². The van der Waals surface area contributed by atoms with Gasteiger partial charge in [0, 0.05) is 41.3 Å². The lowest BCUT2D eigenvalue weighted by Gasteiger charge is -2.33. The van der Waals surface area contributed by atoms with E-state index in [1.54, 1.807) is 25.1 Å². The molecule has 0 radical (unpaired) electrons. The highest BCUT2D eigenvalue weighted by atomic mass is 35.5. The van der Waals surface area contributed by atoms with E-state index in [2.05, 4.69) is 5.32 Å². The SMILES string of the molecule is CC[C@@H](C(=O)NC)N(Cc1c(Cl)cccc1Cl)C(=O)CN(c1cc([N+](=O)[O-])ccc1OC)S(C)(=O)=O. The number of methoxy groups -OCH3 is 1. The Balaban J connectivity index is 2.61. The number of amides is 2. The van der Waals surface area contributed by atoms with Crippen LogP contribution in [0.25, 0.3) is 0 Å². The van der Waals surface area contributed by atoms with Crippen molar-refractivity contribution in [1.82, 2.24) is 10.2 Å². The van der Waals surface area contributed by atoms with E-state index in [9.17, 15) is 28.1 Å².